The topological polar surface area (TPSA) is 80.9 Å². The largest absolute Gasteiger partial charge is 0.416 e. The Bertz CT molecular complexity index is 1130. The van der Waals surface area contributed by atoms with Gasteiger partial charge in [0.1, 0.15) is 0 Å². The Morgan fingerprint density at radius 2 is 2.03 bits per heavy atom. The molecule has 29 heavy (non-hydrogen) atoms. The highest BCUT2D eigenvalue weighted by Gasteiger charge is 2.15. The molecular formula is C21H20N4O2S2. The Labute approximate surface area is 176 Å². The minimum Gasteiger partial charge on any atom is -0.416 e. The number of amides is 1. The smallest absolute Gasteiger partial charge is 0.277 e. The van der Waals surface area contributed by atoms with E-state index in [0.717, 1.165) is 27.0 Å². The zero-order valence-electron chi connectivity index (χ0n) is 16.1. The normalized spacial score (nSPS) is 12.2. The maximum Gasteiger partial charge on any atom is 0.277 e. The average Bonchev–Trinajstić information content (AvgIpc) is 3.34. The highest BCUT2D eigenvalue weighted by Crippen LogP contribution is 2.24. The van der Waals surface area contributed by atoms with Gasteiger partial charge < -0.3 is 9.73 Å². The van der Waals surface area contributed by atoms with Gasteiger partial charge in [0, 0.05) is 5.38 Å². The molecule has 0 fully saturated rings. The molecule has 0 unspecified atom stereocenters. The van der Waals surface area contributed by atoms with Gasteiger partial charge in [0.25, 0.3) is 5.22 Å². The predicted molar refractivity (Wildman–Crippen MR) is 115 cm³/mol. The first-order valence-corrected chi connectivity index (χ1v) is 11.1. The van der Waals surface area contributed by atoms with E-state index in [4.69, 9.17) is 4.42 Å². The van der Waals surface area contributed by atoms with Crippen LogP contribution in [0.1, 0.15) is 35.1 Å². The van der Waals surface area contributed by atoms with Crippen molar-refractivity contribution in [1.29, 1.82) is 0 Å². The monoisotopic (exact) mass is 424 g/mol. The van der Waals surface area contributed by atoms with Gasteiger partial charge >= 0.3 is 0 Å². The summed E-state index contributed by atoms with van der Waals surface area (Å²) in [6, 6.07) is 14.2. The van der Waals surface area contributed by atoms with E-state index in [1.165, 1.54) is 11.8 Å². The van der Waals surface area contributed by atoms with Crippen molar-refractivity contribution in [1.82, 2.24) is 20.5 Å². The molecule has 148 valence electrons. The predicted octanol–water partition coefficient (Wildman–Crippen LogP) is 4.55. The van der Waals surface area contributed by atoms with E-state index < -0.39 is 0 Å². The molecule has 0 aliphatic heterocycles. The van der Waals surface area contributed by atoms with Crippen molar-refractivity contribution < 1.29 is 9.21 Å². The fourth-order valence-electron chi connectivity index (χ4n) is 3.13. The zero-order chi connectivity index (χ0) is 20.2. The van der Waals surface area contributed by atoms with Crippen LogP contribution in [0, 0.1) is 6.92 Å². The molecule has 0 aliphatic carbocycles. The van der Waals surface area contributed by atoms with Crippen molar-refractivity contribution in [2.24, 2.45) is 0 Å². The van der Waals surface area contributed by atoms with Crippen molar-refractivity contribution >= 4 is 39.8 Å². The summed E-state index contributed by atoms with van der Waals surface area (Å²) in [5.74, 6) is 0.639. The van der Waals surface area contributed by atoms with Crippen molar-refractivity contribution in [2.75, 3.05) is 5.75 Å². The van der Waals surface area contributed by atoms with Crippen LogP contribution in [-0.4, -0.2) is 26.8 Å². The molecule has 0 saturated carbocycles. The van der Waals surface area contributed by atoms with Gasteiger partial charge in [0.15, 0.2) is 0 Å². The fourth-order valence-corrected chi connectivity index (χ4v) is 4.33. The molecular weight excluding hydrogens is 404 g/mol. The Balaban J connectivity index is 1.33. The molecule has 8 heteroatoms. The average molecular weight is 425 g/mol. The van der Waals surface area contributed by atoms with Crippen molar-refractivity contribution in [3.05, 3.63) is 70.0 Å². The molecule has 0 bridgehead atoms. The number of carbonyl (C=O) groups is 1. The molecule has 1 amide bonds. The van der Waals surface area contributed by atoms with Crippen LogP contribution in [-0.2, 0) is 11.2 Å². The van der Waals surface area contributed by atoms with Gasteiger partial charge in [0.2, 0.25) is 11.8 Å². The first kappa shape index (κ1) is 19.6. The number of hydrogen-bond donors (Lipinski definition) is 1. The minimum atomic E-state index is -0.0969. The number of thiazole rings is 1. The number of thioether (sulfide) groups is 1. The van der Waals surface area contributed by atoms with Crippen molar-refractivity contribution in [3.8, 4) is 0 Å². The number of benzene rings is 2. The van der Waals surface area contributed by atoms with Crippen LogP contribution in [0.3, 0.4) is 0 Å². The third-order valence-corrected chi connectivity index (χ3v) is 6.08. The summed E-state index contributed by atoms with van der Waals surface area (Å²) >= 11 is 2.83. The highest BCUT2D eigenvalue weighted by atomic mass is 32.2. The number of rotatable bonds is 7. The standard InChI is InChI=1S/C21H20N4O2S2/c1-13(17-9-5-7-15-6-3-4-8-18(15)17)22-19(26)12-29-21-25-24-20(27-21)10-16-11-28-14(2)23-16/h3-9,11,13H,10,12H2,1-2H3,(H,22,26)/t13-/m1/s1. The number of nitrogens with zero attached hydrogens (tertiary/aromatic N) is 3. The maximum atomic E-state index is 12.4. The Kier molecular flexibility index (Phi) is 5.92. The van der Waals surface area contributed by atoms with E-state index in [-0.39, 0.29) is 17.7 Å². The number of fused-ring (bicyclic) bond motifs is 1. The number of aromatic nitrogens is 3. The minimum absolute atomic E-state index is 0.0784. The third-order valence-electron chi connectivity index (χ3n) is 4.44. The molecule has 4 rings (SSSR count). The van der Waals surface area contributed by atoms with Gasteiger partial charge in [-0.15, -0.1) is 21.5 Å². The van der Waals surface area contributed by atoms with Crippen LogP contribution >= 0.6 is 23.1 Å². The van der Waals surface area contributed by atoms with E-state index in [1.807, 2.05) is 43.5 Å². The molecule has 0 aliphatic rings. The summed E-state index contributed by atoms with van der Waals surface area (Å²) in [5.41, 5.74) is 2.01. The SMILES string of the molecule is Cc1nc(Cc2nnc(SCC(=O)N[C@H](C)c3cccc4ccccc34)o2)cs1. The molecule has 6 nitrogen and oxygen atoms in total. The molecule has 1 atom stereocenters. The third kappa shape index (κ3) is 4.83. The van der Waals surface area contributed by atoms with E-state index >= 15 is 0 Å². The second kappa shape index (κ2) is 8.75. The lowest BCUT2D eigenvalue weighted by atomic mass is 10.00. The number of nitrogens with one attached hydrogen (secondary N) is 1. The molecule has 0 spiro atoms. The Hall–Kier alpha value is -2.71. The summed E-state index contributed by atoms with van der Waals surface area (Å²) in [7, 11) is 0. The van der Waals surface area contributed by atoms with Crippen LogP contribution in [0.25, 0.3) is 10.8 Å². The van der Waals surface area contributed by atoms with Gasteiger partial charge in [-0.1, -0.05) is 54.2 Å². The summed E-state index contributed by atoms with van der Waals surface area (Å²) in [6.45, 7) is 3.95. The van der Waals surface area contributed by atoms with Crippen LogP contribution in [0.5, 0.6) is 0 Å². The summed E-state index contributed by atoms with van der Waals surface area (Å²) in [6.07, 6.45) is 0.502. The molecule has 2 heterocycles. The van der Waals surface area contributed by atoms with E-state index in [1.54, 1.807) is 11.3 Å². The summed E-state index contributed by atoms with van der Waals surface area (Å²) in [4.78, 5) is 16.8. The number of carbonyl (C=O) groups excluding carboxylic acids is 1. The van der Waals surface area contributed by atoms with Crippen LogP contribution in [0.2, 0.25) is 0 Å². The first-order chi connectivity index (χ1) is 14.1. The molecule has 0 radical (unpaired) electrons. The lowest BCUT2D eigenvalue weighted by Crippen LogP contribution is -2.28. The van der Waals surface area contributed by atoms with Crippen molar-refractivity contribution in [2.45, 2.75) is 31.5 Å². The van der Waals surface area contributed by atoms with Crippen molar-refractivity contribution in [3.63, 3.8) is 0 Å². The van der Waals surface area contributed by atoms with Gasteiger partial charge in [-0.25, -0.2) is 4.98 Å². The first-order valence-electron chi connectivity index (χ1n) is 9.21. The van der Waals surface area contributed by atoms with Gasteiger partial charge in [-0.2, -0.15) is 0 Å². The Morgan fingerprint density at radius 1 is 1.21 bits per heavy atom. The second-order valence-corrected chi connectivity index (χ2v) is 8.63. The Morgan fingerprint density at radius 3 is 2.86 bits per heavy atom. The summed E-state index contributed by atoms with van der Waals surface area (Å²) < 4.78 is 5.62. The van der Waals surface area contributed by atoms with Gasteiger partial charge in [0.05, 0.1) is 28.9 Å². The zero-order valence-corrected chi connectivity index (χ0v) is 17.7. The fraction of sp³-hybridized carbons (Fsp3) is 0.238. The van der Waals surface area contributed by atoms with Gasteiger partial charge in [-0.3, -0.25) is 4.79 Å². The van der Waals surface area contributed by atoms with E-state index in [2.05, 4.69) is 38.7 Å². The van der Waals surface area contributed by atoms with Gasteiger partial charge in [-0.05, 0) is 30.2 Å². The second-order valence-electron chi connectivity index (χ2n) is 6.64. The number of hydrogen-bond acceptors (Lipinski definition) is 7. The molecule has 1 N–H and O–H groups in total. The molecule has 2 aromatic carbocycles. The molecule has 2 aromatic heterocycles. The maximum absolute atomic E-state index is 12.4. The highest BCUT2D eigenvalue weighted by molar-refractivity contribution is 7.99. The lowest BCUT2D eigenvalue weighted by molar-refractivity contribution is -0.119. The van der Waals surface area contributed by atoms with E-state index in [0.29, 0.717) is 17.5 Å². The summed E-state index contributed by atoms with van der Waals surface area (Å²) in [5, 5.41) is 16.8. The molecule has 4 aromatic rings. The van der Waals surface area contributed by atoms with Crippen LogP contribution in [0.15, 0.2) is 57.5 Å². The lowest BCUT2D eigenvalue weighted by Gasteiger charge is -2.16. The quantitative estimate of drug-likeness (QED) is 0.439. The van der Waals surface area contributed by atoms with Crippen LogP contribution < -0.4 is 5.32 Å². The van der Waals surface area contributed by atoms with Crippen LogP contribution in [0.4, 0.5) is 0 Å². The molecule has 0 saturated heterocycles. The number of aryl methyl sites for hydroxylation is 1. The van der Waals surface area contributed by atoms with E-state index in [9.17, 15) is 4.79 Å².